The molecule has 2 aromatic rings. The zero-order chi connectivity index (χ0) is 17.8. The van der Waals surface area contributed by atoms with E-state index in [9.17, 15) is 9.59 Å². The van der Waals surface area contributed by atoms with E-state index in [-0.39, 0.29) is 0 Å². The molecule has 7 heteroatoms. The van der Waals surface area contributed by atoms with E-state index in [0.29, 0.717) is 18.7 Å². The third kappa shape index (κ3) is 4.18. The van der Waals surface area contributed by atoms with Crippen molar-refractivity contribution in [3.05, 3.63) is 62.2 Å². The third-order valence-electron chi connectivity index (χ3n) is 4.62. The fourth-order valence-corrected chi connectivity index (χ4v) is 2.94. The van der Waals surface area contributed by atoms with Crippen molar-refractivity contribution in [1.82, 2.24) is 19.6 Å². The lowest BCUT2D eigenvalue weighted by molar-refractivity contribution is 0.147. The molecule has 1 saturated heterocycles. The first-order valence-corrected chi connectivity index (χ1v) is 8.42. The monoisotopic (exact) mass is 344 g/mol. The SMILES string of the molecule is COc1ccc(Cn2[nH]cc(CN3CCN(C)CC3)c(=O)c2=O)cc1. The van der Waals surface area contributed by atoms with Crippen LogP contribution in [0.5, 0.6) is 5.75 Å². The smallest absolute Gasteiger partial charge is 0.313 e. The van der Waals surface area contributed by atoms with E-state index in [4.69, 9.17) is 4.74 Å². The maximum Gasteiger partial charge on any atom is 0.313 e. The topological polar surface area (TPSA) is 70.6 Å². The van der Waals surface area contributed by atoms with Crippen LogP contribution in [-0.2, 0) is 13.1 Å². The van der Waals surface area contributed by atoms with Gasteiger partial charge in [0, 0.05) is 44.5 Å². The second-order valence-corrected chi connectivity index (χ2v) is 6.45. The summed E-state index contributed by atoms with van der Waals surface area (Å²) in [6, 6.07) is 7.42. The number of rotatable bonds is 5. The van der Waals surface area contributed by atoms with Gasteiger partial charge < -0.3 is 14.7 Å². The summed E-state index contributed by atoms with van der Waals surface area (Å²) >= 11 is 0. The maximum atomic E-state index is 12.4. The van der Waals surface area contributed by atoms with Crippen LogP contribution in [0, 0.1) is 0 Å². The van der Waals surface area contributed by atoms with E-state index >= 15 is 0 Å². The van der Waals surface area contributed by atoms with Crippen LogP contribution in [0.15, 0.2) is 40.1 Å². The minimum atomic E-state index is -0.512. The Kier molecular flexibility index (Phi) is 5.35. The molecule has 1 aliphatic heterocycles. The van der Waals surface area contributed by atoms with Gasteiger partial charge in [0.1, 0.15) is 5.75 Å². The summed E-state index contributed by atoms with van der Waals surface area (Å²) in [5.74, 6) is 0.757. The molecule has 25 heavy (non-hydrogen) atoms. The fraction of sp³-hybridized carbons (Fsp3) is 0.444. The molecule has 0 saturated carbocycles. The Bertz CT molecular complexity index is 817. The van der Waals surface area contributed by atoms with Gasteiger partial charge in [0.15, 0.2) is 0 Å². The highest BCUT2D eigenvalue weighted by Crippen LogP contribution is 2.11. The highest BCUT2D eigenvalue weighted by molar-refractivity contribution is 5.27. The number of aromatic nitrogens is 2. The van der Waals surface area contributed by atoms with Crippen molar-refractivity contribution in [3.63, 3.8) is 0 Å². The highest BCUT2D eigenvalue weighted by Gasteiger charge is 2.16. The van der Waals surface area contributed by atoms with Gasteiger partial charge in [-0.1, -0.05) is 12.1 Å². The van der Waals surface area contributed by atoms with E-state index in [1.54, 1.807) is 13.3 Å². The second kappa shape index (κ2) is 7.67. The number of methoxy groups -OCH3 is 1. The van der Waals surface area contributed by atoms with Crippen molar-refractivity contribution >= 4 is 0 Å². The van der Waals surface area contributed by atoms with E-state index < -0.39 is 11.0 Å². The summed E-state index contributed by atoms with van der Waals surface area (Å²) in [5.41, 5.74) is 0.513. The summed E-state index contributed by atoms with van der Waals surface area (Å²) < 4.78 is 6.47. The highest BCUT2D eigenvalue weighted by atomic mass is 16.5. The number of ether oxygens (including phenoxy) is 1. The molecule has 134 valence electrons. The normalized spacial score (nSPS) is 16.1. The predicted molar refractivity (Wildman–Crippen MR) is 96.2 cm³/mol. The third-order valence-corrected chi connectivity index (χ3v) is 4.62. The lowest BCUT2D eigenvalue weighted by Gasteiger charge is -2.32. The van der Waals surface area contributed by atoms with Gasteiger partial charge in [-0.05, 0) is 24.7 Å². The molecule has 7 nitrogen and oxygen atoms in total. The summed E-state index contributed by atoms with van der Waals surface area (Å²) in [6.07, 6.45) is 1.66. The quantitative estimate of drug-likeness (QED) is 0.792. The van der Waals surface area contributed by atoms with Crippen LogP contribution in [0.25, 0.3) is 0 Å². The summed E-state index contributed by atoms with van der Waals surface area (Å²) in [6.45, 7) is 4.61. The fourth-order valence-electron chi connectivity index (χ4n) is 2.94. The van der Waals surface area contributed by atoms with Gasteiger partial charge in [-0.3, -0.25) is 14.5 Å². The van der Waals surface area contributed by atoms with Crippen LogP contribution in [0.2, 0.25) is 0 Å². The van der Waals surface area contributed by atoms with E-state index in [1.165, 1.54) is 4.68 Å². The van der Waals surface area contributed by atoms with Crippen molar-refractivity contribution in [2.75, 3.05) is 40.3 Å². The van der Waals surface area contributed by atoms with Crippen molar-refractivity contribution in [2.24, 2.45) is 0 Å². The Morgan fingerprint density at radius 3 is 2.36 bits per heavy atom. The predicted octanol–water partition coefficient (Wildman–Crippen LogP) is 0.341. The number of hydrogen-bond acceptors (Lipinski definition) is 5. The molecular weight excluding hydrogens is 320 g/mol. The Hall–Kier alpha value is -2.38. The van der Waals surface area contributed by atoms with Gasteiger partial charge in [-0.25, -0.2) is 4.68 Å². The number of piperazine rings is 1. The first-order chi connectivity index (χ1) is 12.1. The first kappa shape index (κ1) is 17.4. The molecule has 3 rings (SSSR count). The van der Waals surface area contributed by atoms with Crippen LogP contribution in [0.4, 0.5) is 0 Å². The number of benzene rings is 1. The lowest BCUT2D eigenvalue weighted by Crippen LogP contribution is -2.46. The molecular formula is C18H24N4O3. The van der Waals surface area contributed by atoms with E-state index in [0.717, 1.165) is 37.5 Å². The lowest BCUT2D eigenvalue weighted by atomic mass is 10.2. The average Bonchev–Trinajstić information content (AvgIpc) is 2.64. The van der Waals surface area contributed by atoms with Crippen LogP contribution in [-0.4, -0.2) is 59.9 Å². The summed E-state index contributed by atoms with van der Waals surface area (Å²) in [5, 5.41) is 2.96. The molecule has 1 aromatic heterocycles. The van der Waals surface area contributed by atoms with Crippen LogP contribution in [0.1, 0.15) is 11.1 Å². The van der Waals surface area contributed by atoms with Crippen LogP contribution < -0.4 is 15.7 Å². The van der Waals surface area contributed by atoms with Crippen molar-refractivity contribution in [1.29, 1.82) is 0 Å². The molecule has 2 heterocycles. The molecule has 0 aliphatic carbocycles. The largest absolute Gasteiger partial charge is 0.497 e. The van der Waals surface area contributed by atoms with Gasteiger partial charge >= 0.3 is 5.56 Å². The zero-order valence-electron chi connectivity index (χ0n) is 14.7. The molecule has 0 amide bonds. The molecule has 1 aromatic carbocycles. The molecule has 1 aliphatic rings. The maximum absolute atomic E-state index is 12.4. The number of nitrogens with zero attached hydrogens (tertiary/aromatic N) is 3. The summed E-state index contributed by atoms with van der Waals surface area (Å²) in [4.78, 5) is 29.3. The number of hydrogen-bond donors (Lipinski definition) is 1. The first-order valence-electron chi connectivity index (χ1n) is 8.42. The molecule has 0 bridgehead atoms. The number of aromatic amines is 1. The van der Waals surface area contributed by atoms with Gasteiger partial charge in [0.05, 0.1) is 13.7 Å². The second-order valence-electron chi connectivity index (χ2n) is 6.45. The molecule has 0 unspecified atom stereocenters. The Morgan fingerprint density at radius 1 is 1.04 bits per heavy atom. The van der Waals surface area contributed by atoms with Gasteiger partial charge in [0.2, 0.25) is 0 Å². The van der Waals surface area contributed by atoms with Crippen molar-refractivity contribution < 1.29 is 4.74 Å². The number of likely N-dealkylation sites (N-methyl/N-ethyl adjacent to an activating group) is 1. The average molecular weight is 344 g/mol. The standard InChI is InChI=1S/C18H24N4O3/c1-20-7-9-21(10-8-20)13-15-11-19-22(18(24)17(15)23)12-14-3-5-16(25-2)6-4-14/h3-6,11,19H,7-10,12-13H2,1-2H3. The minimum Gasteiger partial charge on any atom is -0.497 e. The van der Waals surface area contributed by atoms with Crippen molar-refractivity contribution in [3.8, 4) is 5.75 Å². The molecule has 0 radical (unpaired) electrons. The number of H-pyrrole nitrogens is 1. The Labute approximate surface area is 146 Å². The molecule has 0 atom stereocenters. The van der Waals surface area contributed by atoms with Gasteiger partial charge in [0.25, 0.3) is 5.43 Å². The zero-order valence-corrected chi connectivity index (χ0v) is 14.7. The van der Waals surface area contributed by atoms with Crippen LogP contribution in [0.3, 0.4) is 0 Å². The summed E-state index contributed by atoms with van der Waals surface area (Å²) in [7, 11) is 3.70. The Balaban J connectivity index is 1.73. The van der Waals surface area contributed by atoms with Crippen LogP contribution >= 0.6 is 0 Å². The van der Waals surface area contributed by atoms with Gasteiger partial charge in [-0.2, -0.15) is 0 Å². The number of nitrogens with one attached hydrogen (secondary N) is 1. The van der Waals surface area contributed by atoms with Gasteiger partial charge in [-0.15, -0.1) is 0 Å². The minimum absolute atomic E-state index is 0.326. The van der Waals surface area contributed by atoms with E-state index in [1.807, 2.05) is 24.3 Å². The Morgan fingerprint density at radius 2 is 1.72 bits per heavy atom. The van der Waals surface area contributed by atoms with Crippen molar-refractivity contribution in [2.45, 2.75) is 13.1 Å². The van der Waals surface area contributed by atoms with E-state index in [2.05, 4.69) is 21.9 Å². The molecule has 1 fully saturated rings. The molecule has 0 spiro atoms. The molecule has 1 N–H and O–H groups in total.